The molecule has 1 amide bonds. The number of nitrogens with two attached hydrogens (primary N) is 1. The van der Waals surface area contributed by atoms with Gasteiger partial charge in [-0.2, -0.15) is 0 Å². The highest BCUT2D eigenvalue weighted by molar-refractivity contribution is 5.74. The van der Waals surface area contributed by atoms with Crippen molar-refractivity contribution in [2.75, 3.05) is 0 Å². The summed E-state index contributed by atoms with van der Waals surface area (Å²) in [6.45, 7) is 3.70. The Balaban J connectivity index is 2.95. The Morgan fingerprint density at radius 2 is 1.81 bits per heavy atom. The maximum Gasteiger partial charge on any atom is 0.220 e. The summed E-state index contributed by atoms with van der Waals surface area (Å²) in [5, 5.41) is 19.6. The van der Waals surface area contributed by atoms with E-state index in [9.17, 15) is 15.0 Å². The topological polar surface area (TPSA) is 83.6 Å². The number of carbonyl (C=O) groups is 1. The van der Waals surface area contributed by atoms with E-state index in [0.29, 0.717) is 5.56 Å². The number of carbonyl (C=O) groups excluding carboxylic acids is 1. The Bertz CT molecular complexity index is 370. The molecule has 0 spiro atoms. The monoisotopic (exact) mass is 223 g/mol. The van der Waals surface area contributed by atoms with Crippen LogP contribution in [0.15, 0.2) is 18.2 Å². The quantitative estimate of drug-likeness (QED) is 0.698. The second-order valence-corrected chi connectivity index (χ2v) is 3.99. The van der Waals surface area contributed by atoms with Crippen LogP contribution in [-0.2, 0) is 4.79 Å². The normalized spacial score (nSPS) is 14.5. The van der Waals surface area contributed by atoms with Crippen molar-refractivity contribution in [3.05, 3.63) is 34.9 Å². The largest absolute Gasteiger partial charge is 0.390 e. The van der Waals surface area contributed by atoms with Crippen molar-refractivity contribution in [1.29, 1.82) is 0 Å². The number of primary amides is 1. The number of aryl methyl sites for hydroxylation is 2. The van der Waals surface area contributed by atoms with Crippen molar-refractivity contribution in [2.45, 2.75) is 32.5 Å². The van der Waals surface area contributed by atoms with E-state index in [0.717, 1.165) is 11.1 Å². The number of hydrogen-bond donors (Lipinski definition) is 3. The lowest BCUT2D eigenvalue weighted by Crippen LogP contribution is -2.26. The van der Waals surface area contributed by atoms with Crippen molar-refractivity contribution in [3.8, 4) is 0 Å². The van der Waals surface area contributed by atoms with E-state index in [2.05, 4.69) is 0 Å². The molecule has 0 radical (unpaired) electrons. The second-order valence-electron chi connectivity index (χ2n) is 3.99. The van der Waals surface area contributed by atoms with E-state index in [1.807, 2.05) is 32.0 Å². The molecule has 2 atom stereocenters. The summed E-state index contributed by atoms with van der Waals surface area (Å²) in [4.78, 5) is 10.7. The lowest BCUT2D eigenvalue weighted by Gasteiger charge is -2.20. The third-order valence-electron chi connectivity index (χ3n) is 2.61. The Hall–Kier alpha value is -1.39. The molecular weight excluding hydrogens is 206 g/mol. The van der Waals surface area contributed by atoms with Crippen molar-refractivity contribution in [2.24, 2.45) is 5.73 Å². The average molecular weight is 223 g/mol. The van der Waals surface area contributed by atoms with Gasteiger partial charge in [-0.25, -0.2) is 0 Å². The van der Waals surface area contributed by atoms with Gasteiger partial charge >= 0.3 is 0 Å². The highest BCUT2D eigenvalue weighted by Gasteiger charge is 2.22. The first kappa shape index (κ1) is 12.7. The predicted octanol–water partition coefficient (Wildman–Crippen LogP) is 0.573. The van der Waals surface area contributed by atoms with Crippen molar-refractivity contribution in [3.63, 3.8) is 0 Å². The average Bonchev–Trinajstić information content (AvgIpc) is 2.16. The number of hydrogen-bond acceptors (Lipinski definition) is 3. The molecule has 16 heavy (non-hydrogen) atoms. The number of amides is 1. The summed E-state index contributed by atoms with van der Waals surface area (Å²) in [6.07, 6.45) is -2.47. The number of aliphatic hydroxyl groups is 2. The minimum absolute atomic E-state index is 0.241. The van der Waals surface area contributed by atoms with Crippen LogP contribution in [-0.4, -0.2) is 22.2 Å². The molecule has 88 valence electrons. The van der Waals surface area contributed by atoms with Crippen LogP contribution in [0.3, 0.4) is 0 Å². The number of aliphatic hydroxyl groups excluding tert-OH is 2. The highest BCUT2D eigenvalue weighted by Crippen LogP contribution is 2.25. The van der Waals surface area contributed by atoms with Crippen LogP contribution in [0, 0.1) is 13.8 Å². The SMILES string of the molecule is Cc1cccc(C)c1C(O)C(O)CC(N)=O. The van der Waals surface area contributed by atoms with Crippen LogP contribution in [0.4, 0.5) is 0 Å². The smallest absolute Gasteiger partial charge is 0.220 e. The minimum atomic E-state index is -1.16. The molecule has 0 fully saturated rings. The van der Waals surface area contributed by atoms with E-state index < -0.39 is 18.1 Å². The summed E-state index contributed by atoms with van der Waals surface area (Å²) in [5.74, 6) is -0.627. The van der Waals surface area contributed by atoms with E-state index in [-0.39, 0.29) is 6.42 Å². The van der Waals surface area contributed by atoms with Crippen LogP contribution < -0.4 is 5.73 Å². The molecule has 0 saturated carbocycles. The van der Waals surface area contributed by atoms with Gasteiger partial charge < -0.3 is 15.9 Å². The van der Waals surface area contributed by atoms with Crippen LogP contribution in [0.1, 0.15) is 29.2 Å². The zero-order valence-electron chi connectivity index (χ0n) is 9.47. The molecular formula is C12H17NO3. The lowest BCUT2D eigenvalue weighted by atomic mass is 9.93. The van der Waals surface area contributed by atoms with Crippen LogP contribution in [0.2, 0.25) is 0 Å². The number of rotatable bonds is 4. The highest BCUT2D eigenvalue weighted by atomic mass is 16.3. The molecule has 1 aromatic rings. The summed E-state index contributed by atoms with van der Waals surface area (Å²) in [6, 6.07) is 5.58. The van der Waals surface area contributed by atoms with E-state index in [1.54, 1.807) is 0 Å². The molecule has 0 saturated heterocycles. The molecule has 0 aromatic heterocycles. The molecule has 0 bridgehead atoms. The van der Waals surface area contributed by atoms with Crippen molar-refractivity contribution < 1.29 is 15.0 Å². The zero-order chi connectivity index (χ0) is 12.3. The zero-order valence-corrected chi connectivity index (χ0v) is 9.47. The van der Waals surface area contributed by atoms with Gasteiger partial charge in [-0.05, 0) is 30.5 Å². The number of benzene rings is 1. The van der Waals surface area contributed by atoms with Gasteiger partial charge in [0, 0.05) is 0 Å². The van der Waals surface area contributed by atoms with Crippen LogP contribution in [0.25, 0.3) is 0 Å². The summed E-state index contributed by atoms with van der Waals surface area (Å²) in [5.41, 5.74) is 7.41. The van der Waals surface area contributed by atoms with Crippen LogP contribution >= 0.6 is 0 Å². The van der Waals surface area contributed by atoms with Gasteiger partial charge in [-0.1, -0.05) is 18.2 Å². The fraction of sp³-hybridized carbons (Fsp3) is 0.417. The Labute approximate surface area is 94.7 Å². The maximum atomic E-state index is 10.7. The first-order chi connectivity index (χ1) is 7.43. The van der Waals surface area contributed by atoms with Gasteiger partial charge in [0.15, 0.2) is 0 Å². The molecule has 0 aliphatic rings. The fourth-order valence-corrected chi connectivity index (χ4v) is 1.80. The predicted molar refractivity (Wildman–Crippen MR) is 60.7 cm³/mol. The standard InChI is InChI=1S/C12H17NO3/c1-7-4-3-5-8(2)11(7)12(16)9(14)6-10(13)15/h3-5,9,12,14,16H,6H2,1-2H3,(H2,13,15). The molecule has 2 unspecified atom stereocenters. The first-order valence-electron chi connectivity index (χ1n) is 5.14. The molecule has 4 heteroatoms. The lowest BCUT2D eigenvalue weighted by molar-refractivity contribution is -0.121. The molecule has 4 nitrogen and oxygen atoms in total. The van der Waals surface area contributed by atoms with Gasteiger partial charge in [0.25, 0.3) is 0 Å². The second kappa shape index (κ2) is 5.09. The summed E-state index contributed by atoms with van der Waals surface area (Å²) in [7, 11) is 0. The molecule has 0 aliphatic heterocycles. The first-order valence-corrected chi connectivity index (χ1v) is 5.14. The van der Waals surface area contributed by atoms with E-state index in [4.69, 9.17) is 5.73 Å². The Morgan fingerprint density at radius 1 is 1.31 bits per heavy atom. The third-order valence-corrected chi connectivity index (χ3v) is 2.61. The molecule has 4 N–H and O–H groups in total. The van der Waals surface area contributed by atoms with E-state index in [1.165, 1.54) is 0 Å². The van der Waals surface area contributed by atoms with Gasteiger partial charge in [-0.3, -0.25) is 4.79 Å². The summed E-state index contributed by atoms with van der Waals surface area (Å²) < 4.78 is 0. The van der Waals surface area contributed by atoms with E-state index >= 15 is 0 Å². The third kappa shape index (κ3) is 2.81. The fourth-order valence-electron chi connectivity index (χ4n) is 1.80. The van der Waals surface area contributed by atoms with Crippen LogP contribution in [0.5, 0.6) is 0 Å². The molecule has 1 aromatic carbocycles. The van der Waals surface area contributed by atoms with Gasteiger partial charge in [0.1, 0.15) is 6.10 Å². The van der Waals surface area contributed by atoms with Crippen molar-refractivity contribution >= 4 is 5.91 Å². The van der Waals surface area contributed by atoms with Gasteiger partial charge in [0.05, 0.1) is 12.5 Å². The molecule has 0 aliphatic carbocycles. The van der Waals surface area contributed by atoms with Gasteiger partial charge in [-0.15, -0.1) is 0 Å². The Kier molecular flexibility index (Phi) is 4.04. The molecule has 0 heterocycles. The Morgan fingerprint density at radius 3 is 2.25 bits per heavy atom. The maximum absolute atomic E-state index is 10.7. The molecule has 1 rings (SSSR count). The van der Waals surface area contributed by atoms with Gasteiger partial charge in [0.2, 0.25) is 5.91 Å². The minimum Gasteiger partial charge on any atom is -0.390 e. The van der Waals surface area contributed by atoms with Crippen molar-refractivity contribution in [1.82, 2.24) is 0 Å². The summed E-state index contributed by atoms with van der Waals surface area (Å²) >= 11 is 0.